The van der Waals surface area contributed by atoms with Crippen LogP contribution in [0.1, 0.15) is 32.6 Å². The molecule has 7 heteroatoms. The first-order chi connectivity index (χ1) is 8.31. The minimum atomic E-state index is -3.68. The van der Waals surface area contributed by atoms with Gasteiger partial charge in [0.25, 0.3) is 0 Å². The summed E-state index contributed by atoms with van der Waals surface area (Å²) < 4.78 is 43.1. The Morgan fingerprint density at radius 3 is 2.56 bits per heavy atom. The van der Waals surface area contributed by atoms with Crippen LogP contribution in [0, 0.1) is 0 Å². The maximum Gasteiger partial charge on any atom is 0.571 e. The Bertz CT molecular complexity index is 422. The summed E-state index contributed by atoms with van der Waals surface area (Å²) in [6, 6.07) is 0. The Labute approximate surface area is 109 Å². The molecule has 0 fully saturated rings. The van der Waals surface area contributed by atoms with Crippen LogP contribution in [0.5, 0.6) is 0 Å². The third-order valence-electron chi connectivity index (χ3n) is 3.09. The number of hydrogen-bond donors (Lipinski definition) is 0. The Balaban J connectivity index is 2.56. The van der Waals surface area contributed by atoms with Gasteiger partial charge in [-0.1, -0.05) is 34.9 Å². The number of nitrogens with zero attached hydrogens (tertiary/aromatic N) is 2. The number of hydrogen-bond acceptors (Lipinski definition) is 3. The fourth-order valence-electron chi connectivity index (χ4n) is 1.95. The lowest BCUT2D eigenvalue weighted by Gasteiger charge is -2.17. The van der Waals surface area contributed by atoms with E-state index in [2.05, 4.69) is 6.92 Å². The van der Waals surface area contributed by atoms with Crippen molar-refractivity contribution in [3.8, 4) is 0 Å². The lowest BCUT2D eigenvalue weighted by Crippen LogP contribution is -2.47. The van der Waals surface area contributed by atoms with Crippen molar-refractivity contribution >= 4 is 16.2 Å². The van der Waals surface area contributed by atoms with Crippen LogP contribution < -0.4 is 0 Å². The molecule has 0 spiro atoms. The largest absolute Gasteiger partial charge is 0.571 e. The van der Waals surface area contributed by atoms with Crippen LogP contribution in [-0.2, 0) is 14.4 Å². The van der Waals surface area contributed by atoms with E-state index in [9.17, 15) is 12.8 Å². The Morgan fingerprint density at radius 1 is 1.39 bits per heavy atom. The lowest BCUT2D eigenvalue weighted by atomic mass is 10.2. The van der Waals surface area contributed by atoms with Crippen LogP contribution in [0.15, 0.2) is 0 Å². The summed E-state index contributed by atoms with van der Waals surface area (Å²) in [4.78, 5) is 0. The fourth-order valence-corrected chi connectivity index (χ4v) is 3.22. The van der Waals surface area contributed by atoms with Gasteiger partial charge in [-0.15, -0.1) is 4.58 Å². The number of rotatable bonds is 7. The first kappa shape index (κ1) is 15.5. The molecule has 0 aromatic rings. The molecule has 1 aliphatic rings. The van der Waals surface area contributed by atoms with E-state index in [1.54, 1.807) is 7.05 Å². The summed E-state index contributed by atoms with van der Waals surface area (Å²) >= 11 is 0. The van der Waals surface area contributed by atoms with Gasteiger partial charge in [0.15, 0.2) is 6.54 Å². The molecule has 0 amide bonds. The van der Waals surface area contributed by atoms with Crippen molar-refractivity contribution in [1.29, 1.82) is 0 Å². The van der Waals surface area contributed by atoms with E-state index in [0.29, 0.717) is 19.5 Å². The van der Waals surface area contributed by atoms with Gasteiger partial charge < -0.3 is 0 Å². The zero-order valence-corrected chi connectivity index (χ0v) is 12.2. The van der Waals surface area contributed by atoms with Gasteiger partial charge in [0.1, 0.15) is 14.1 Å². The van der Waals surface area contributed by atoms with Gasteiger partial charge >= 0.3 is 16.2 Å². The van der Waals surface area contributed by atoms with Crippen LogP contribution >= 0.6 is 0 Å². The molecule has 0 N–H and O–H groups in total. The fraction of sp³-hybridized carbons (Fsp3) is 0.909. The molecule has 1 aliphatic heterocycles. The third kappa shape index (κ3) is 4.00. The number of hydroxylamine groups is 3. The molecule has 0 radical (unpaired) electrons. The number of quaternary nitrogens is 1. The molecule has 0 saturated heterocycles. The molecular formula is C11H23FN2O3S+2. The minimum Gasteiger partial charge on any atom is -0.194 e. The van der Waals surface area contributed by atoms with Crippen molar-refractivity contribution in [3.63, 3.8) is 0 Å². The summed E-state index contributed by atoms with van der Waals surface area (Å²) in [6.45, 7) is 2.81. The van der Waals surface area contributed by atoms with Crippen molar-refractivity contribution in [2.24, 2.45) is 0 Å². The van der Waals surface area contributed by atoms with E-state index in [-0.39, 0.29) is 5.75 Å². The zero-order chi connectivity index (χ0) is 13.8. The molecule has 5 nitrogen and oxygen atoms in total. The average molecular weight is 282 g/mol. The summed E-state index contributed by atoms with van der Waals surface area (Å²) in [5, 5.41) is 0. The van der Waals surface area contributed by atoms with Crippen molar-refractivity contribution in [3.05, 3.63) is 0 Å². The molecule has 1 heterocycles. The van der Waals surface area contributed by atoms with Crippen molar-refractivity contribution in [2.75, 3.05) is 32.9 Å². The first-order valence-corrected chi connectivity index (χ1v) is 7.92. The summed E-state index contributed by atoms with van der Waals surface area (Å²) in [5.74, 6) is -0.0438. The standard InChI is InChI=1S/C11H23FN2O3S/c1-4-5-6-7-10-18(15,16)17-14(3)9-8-13(2)11(14)12/h4-10H2,1-3H3/q+2. The quantitative estimate of drug-likeness (QED) is 0.306. The van der Waals surface area contributed by atoms with E-state index in [1.807, 2.05) is 0 Å². The van der Waals surface area contributed by atoms with E-state index in [0.717, 1.165) is 19.3 Å². The van der Waals surface area contributed by atoms with Gasteiger partial charge in [-0.05, 0) is 11.1 Å². The number of halogens is 1. The van der Waals surface area contributed by atoms with Gasteiger partial charge in [-0.3, -0.25) is 0 Å². The molecule has 18 heavy (non-hydrogen) atoms. The molecule has 106 valence electrons. The van der Waals surface area contributed by atoms with Crippen molar-refractivity contribution in [1.82, 2.24) is 0 Å². The summed E-state index contributed by atoms with van der Waals surface area (Å²) in [5.41, 5.74) is 0. The van der Waals surface area contributed by atoms with Gasteiger partial charge in [0.05, 0.1) is 5.75 Å². The smallest absolute Gasteiger partial charge is 0.194 e. The van der Waals surface area contributed by atoms with Crippen LogP contribution in [0.25, 0.3) is 0 Å². The lowest BCUT2D eigenvalue weighted by molar-refractivity contribution is -0.993. The normalized spacial score (nSPS) is 24.9. The van der Waals surface area contributed by atoms with Crippen LogP contribution in [-0.4, -0.2) is 56.7 Å². The van der Waals surface area contributed by atoms with Gasteiger partial charge in [-0.2, -0.15) is 8.42 Å². The van der Waals surface area contributed by atoms with E-state index in [4.69, 9.17) is 4.28 Å². The SMILES string of the molecule is CCCCCCS(=O)(=O)O[N+]1(C)CC[N+](C)=C1F. The van der Waals surface area contributed by atoms with Crippen molar-refractivity contribution in [2.45, 2.75) is 32.6 Å². The molecule has 0 saturated carbocycles. The number of unbranched alkanes of at least 4 members (excludes halogenated alkanes) is 3. The highest BCUT2D eigenvalue weighted by Crippen LogP contribution is 2.17. The molecule has 0 aromatic heterocycles. The van der Waals surface area contributed by atoms with Crippen LogP contribution in [0.2, 0.25) is 0 Å². The van der Waals surface area contributed by atoms with E-state index in [1.165, 1.54) is 11.6 Å². The Hall–Kier alpha value is -0.530. The Kier molecular flexibility index (Phi) is 5.24. The molecule has 1 atom stereocenters. The zero-order valence-electron chi connectivity index (χ0n) is 11.4. The molecule has 0 aromatic carbocycles. The predicted molar refractivity (Wildman–Crippen MR) is 67.2 cm³/mol. The highest BCUT2D eigenvalue weighted by atomic mass is 32.2. The number of likely N-dealkylation sites (N-methyl/N-ethyl adjacent to an activating group) is 2. The molecule has 1 unspecified atom stereocenters. The maximum absolute atomic E-state index is 13.8. The van der Waals surface area contributed by atoms with Crippen LogP contribution in [0.3, 0.4) is 0 Å². The van der Waals surface area contributed by atoms with E-state index < -0.39 is 20.9 Å². The Morgan fingerprint density at radius 2 is 2.06 bits per heavy atom. The molecule has 1 rings (SSSR count). The predicted octanol–water partition coefficient (Wildman–Crippen LogP) is 1.26. The van der Waals surface area contributed by atoms with Crippen molar-refractivity contribution < 1.29 is 26.3 Å². The summed E-state index contributed by atoms with van der Waals surface area (Å²) in [7, 11) is -0.663. The van der Waals surface area contributed by atoms with Crippen LogP contribution in [0.4, 0.5) is 4.39 Å². The monoisotopic (exact) mass is 282 g/mol. The topological polar surface area (TPSA) is 46.4 Å². The van der Waals surface area contributed by atoms with Gasteiger partial charge in [0.2, 0.25) is 6.54 Å². The first-order valence-electron chi connectivity index (χ1n) is 6.34. The second-order valence-electron chi connectivity index (χ2n) is 4.91. The molecular weight excluding hydrogens is 259 g/mol. The molecule has 0 aliphatic carbocycles. The third-order valence-corrected chi connectivity index (χ3v) is 4.44. The number of amidine groups is 1. The average Bonchev–Trinajstić information content (AvgIpc) is 2.52. The van der Waals surface area contributed by atoms with Gasteiger partial charge in [-0.25, -0.2) is 0 Å². The second-order valence-corrected chi connectivity index (χ2v) is 6.58. The highest BCUT2D eigenvalue weighted by Gasteiger charge is 2.50. The molecule has 0 bridgehead atoms. The second kappa shape index (κ2) is 6.08. The summed E-state index contributed by atoms with van der Waals surface area (Å²) in [6.07, 6.45) is 2.90. The van der Waals surface area contributed by atoms with E-state index >= 15 is 0 Å². The minimum absolute atomic E-state index is 0.0438. The highest BCUT2D eigenvalue weighted by molar-refractivity contribution is 7.86. The van der Waals surface area contributed by atoms with Gasteiger partial charge in [0, 0.05) is 0 Å². The maximum atomic E-state index is 13.8.